The van der Waals surface area contributed by atoms with E-state index in [1.54, 1.807) is 6.08 Å². The summed E-state index contributed by atoms with van der Waals surface area (Å²) in [7, 11) is 0. The van der Waals surface area contributed by atoms with Gasteiger partial charge in [0.25, 0.3) is 0 Å². The van der Waals surface area contributed by atoms with E-state index >= 15 is 0 Å². The molecular weight excluding hydrogens is 174 g/mol. The normalized spacial score (nSPS) is 15.9. The summed E-state index contributed by atoms with van der Waals surface area (Å²) < 4.78 is 0. The van der Waals surface area contributed by atoms with E-state index in [-0.39, 0.29) is 0 Å². The van der Waals surface area contributed by atoms with Crippen molar-refractivity contribution in [1.82, 2.24) is 0 Å². The summed E-state index contributed by atoms with van der Waals surface area (Å²) >= 11 is 0. The Balaban J connectivity index is 3.14. The van der Waals surface area contributed by atoms with Crippen LogP contribution in [-0.2, 0) is 4.79 Å². The molecule has 0 saturated carbocycles. The van der Waals surface area contributed by atoms with Crippen molar-refractivity contribution in [3.8, 4) is 6.07 Å². The second-order valence-electron chi connectivity index (χ2n) is 3.20. The highest BCUT2D eigenvalue weighted by atomic mass is 16.1. The van der Waals surface area contributed by atoms with E-state index < -0.39 is 0 Å². The molecule has 1 aliphatic carbocycles. The van der Waals surface area contributed by atoms with Gasteiger partial charge in [-0.25, -0.2) is 0 Å². The molecule has 0 amide bonds. The minimum atomic E-state index is 0.628. The lowest BCUT2D eigenvalue weighted by molar-refractivity contribution is -0.105. The van der Waals surface area contributed by atoms with E-state index in [9.17, 15) is 4.79 Å². The molecule has 0 fully saturated rings. The largest absolute Gasteiger partial charge is 0.298 e. The maximum Gasteiger partial charge on any atom is 0.146 e. The Labute approximate surface area is 84.2 Å². The number of nitriles is 1. The highest BCUT2D eigenvalue weighted by Crippen LogP contribution is 2.23. The molecule has 0 aliphatic heterocycles. The zero-order chi connectivity index (χ0) is 10.4. The molecule has 72 valence electrons. The number of aldehydes is 1. The van der Waals surface area contributed by atoms with Crippen LogP contribution in [0.5, 0.6) is 0 Å². The summed E-state index contributed by atoms with van der Waals surface area (Å²) in [5, 5.41) is 8.92. The van der Waals surface area contributed by atoms with Gasteiger partial charge >= 0.3 is 0 Å². The molecule has 0 unspecified atom stereocenters. The molecule has 0 aromatic carbocycles. The average Bonchev–Trinajstić information content (AvgIpc) is 2.40. The maximum atomic E-state index is 10.8. The Morgan fingerprint density at radius 2 is 2.43 bits per heavy atom. The molecule has 0 saturated heterocycles. The SMILES string of the molecule is CCCC1=C(C=O)CC=CC=C1C#N. The first-order chi connectivity index (χ1) is 6.83. The Kier molecular flexibility index (Phi) is 3.87. The van der Waals surface area contributed by atoms with Crippen molar-refractivity contribution in [2.24, 2.45) is 0 Å². The predicted molar refractivity (Wildman–Crippen MR) is 55.5 cm³/mol. The fourth-order valence-corrected chi connectivity index (χ4v) is 1.53. The van der Waals surface area contributed by atoms with Crippen molar-refractivity contribution < 1.29 is 4.79 Å². The zero-order valence-electron chi connectivity index (χ0n) is 8.29. The smallest absolute Gasteiger partial charge is 0.146 e. The Bertz CT molecular complexity index is 353. The first-order valence-electron chi connectivity index (χ1n) is 4.78. The van der Waals surface area contributed by atoms with E-state index in [2.05, 4.69) is 6.07 Å². The minimum absolute atomic E-state index is 0.628. The van der Waals surface area contributed by atoms with E-state index in [0.29, 0.717) is 12.0 Å². The molecule has 2 nitrogen and oxygen atoms in total. The van der Waals surface area contributed by atoms with E-state index in [1.165, 1.54) is 0 Å². The Morgan fingerprint density at radius 3 is 3.00 bits per heavy atom. The van der Waals surface area contributed by atoms with E-state index in [4.69, 9.17) is 5.26 Å². The van der Waals surface area contributed by atoms with Gasteiger partial charge in [0.05, 0.1) is 11.6 Å². The highest BCUT2D eigenvalue weighted by Gasteiger charge is 2.11. The number of allylic oxidation sites excluding steroid dienone is 6. The fraction of sp³-hybridized carbons (Fsp3) is 0.333. The third-order valence-corrected chi connectivity index (χ3v) is 2.21. The van der Waals surface area contributed by atoms with Crippen LogP contribution in [-0.4, -0.2) is 6.29 Å². The van der Waals surface area contributed by atoms with Crippen molar-refractivity contribution >= 4 is 6.29 Å². The molecule has 0 N–H and O–H groups in total. The Morgan fingerprint density at radius 1 is 1.64 bits per heavy atom. The van der Waals surface area contributed by atoms with Crippen molar-refractivity contribution in [3.05, 3.63) is 34.9 Å². The summed E-state index contributed by atoms with van der Waals surface area (Å²) in [6, 6.07) is 2.14. The van der Waals surface area contributed by atoms with Gasteiger partial charge in [-0.05, 0) is 24.5 Å². The van der Waals surface area contributed by atoms with Crippen molar-refractivity contribution in [2.75, 3.05) is 0 Å². The predicted octanol–water partition coefficient (Wildman–Crippen LogP) is 2.69. The van der Waals surface area contributed by atoms with Gasteiger partial charge in [0.1, 0.15) is 6.29 Å². The molecule has 1 aliphatic rings. The summed E-state index contributed by atoms with van der Waals surface area (Å²) in [5.41, 5.74) is 2.28. The number of nitrogens with zero attached hydrogens (tertiary/aromatic N) is 1. The van der Waals surface area contributed by atoms with Gasteiger partial charge in [-0.15, -0.1) is 0 Å². The van der Waals surface area contributed by atoms with Gasteiger partial charge in [-0.1, -0.05) is 25.5 Å². The van der Waals surface area contributed by atoms with Crippen molar-refractivity contribution in [3.63, 3.8) is 0 Å². The molecule has 0 aromatic heterocycles. The van der Waals surface area contributed by atoms with Crippen LogP contribution in [0, 0.1) is 11.3 Å². The summed E-state index contributed by atoms with van der Waals surface area (Å²) in [6.45, 7) is 2.04. The third kappa shape index (κ3) is 2.20. The zero-order valence-corrected chi connectivity index (χ0v) is 8.29. The fourth-order valence-electron chi connectivity index (χ4n) is 1.53. The van der Waals surface area contributed by atoms with Gasteiger partial charge in [-0.2, -0.15) is 5.26 Å². The van der Waals surface area contributed by atoms with Crippen molar-refractivity contribution in [2.45, 2.75) is 26.2 Å². The molecule has 0 spiro atoms. The number of rotatable bonds is 3. The summed E-state index contributed by atoms with van der Waals surface area (Å²) in [4.78, 5) is 10.8. The lowest BCUT2D eigenvalue weighted by Crippen LogP contribution is -1.95. The molecule has 0 atom stereocenters. The molecule has 0 heterocycles. The van der Waals surface area contributed by atoms with Crippen LogP contribution >= 0.6 is 0 Å². The second kappa shape index (κ2) is 5.18. The van der Waals surface area contributed by atoms with E-state index in [0.717, 1.165) is 30.3 Å². The number of hydrogen-bond acceptors (Lipinski definition) is 2. The molecule has 0 radical (unpaired) electrons. The lowest BCUT2D eigenvalue weighted by Gasteiger charge is -2.06. The standard InChI is InChI=1S/C12H13NO/c1-2-5-12-10(8-13)6-3-4-7-11(12)9-14/h3-4,6,9H,2,5,7H2,1H3. The maximum absolute atomic E-state index is 10.8. The van der Waals surface area contributed by atoms with Gasteiger partial charge in [-0.3, -0.25) is 4.79 Å². The van der Waals surface area contributed by atoms with Crippen LogP contribution in [0.1, 0.15) is 26.2 Å². The van der Waals surface area contributed by atoms with Gasteiger partial charge in [0.15, 0.2) is 0 Å². The van der Waals surface area contributed by atoms with E-state index in [1.807, 2.05) is 19.1 Å². The summed E-state index contributed by atoms with van der Waals surface area (Å²) in [5.74, 6) is 0. The molecule has 14 heavy (non-hydrogen) atoms. The van der Waals surface area contributed by atoms with Crippen molar-refractivity contribution in [1.29, 1.82) is 5.26 Å². The number of hydrogen-bond donors (Lipinski definition) is 0. The van der Waals surface area contributed by atoms with Gasteiger partial charge < -0.3 is 0 Å². The molecule has 0 bridgehead atoms. The van der Waals surface area contributed by atoms with Gasteiger partial charge in [0, 0.05) is 5.57 Å². The van der Waals surface area contributed by atoms with Crippen LogP contribution in [0.15, 0.2) is 34.9 Å². The number of carbonyl (C=O) groups excluding carboxylic acids is 1. The topological polar surface area (TPSA) is 40.9 Å². The monoisotopic (exact) mass is 187 g/mol. The molecule has 0 aromatic rings. The molecule has 1 rings (SSSR count). The second-order valence-corrected chi connectivity index (χ2v) is 3.20. The minimum Gasteiger partial charge on any atom is -0.298 e. The Hall–Kier alpha value is -1.62. The molecule has 2 heteroatoms. The molecular formula is C12H13NO. The van der Waals surface area contributed by atoms with Crippen LogP contribution in [0.2, 0.25) is 0 Å². The average molecular weight is 187 g/mol. The van der Waals surface area contributed by atoms with Crippen LogP contribution < -0.4 is 0 Å². The van der Waals surface area contributed by atoms with Crippen LogP contribution in [0.4, 0.5) is 0 Å². The van der Waals surface area contributed by atoms with Gasteiger partial charge in [0.2, 0.25) is 0 Å². The quantitative estimate of drug-likeness (QED) is 0.637. The summed E-state index contributed by atoms with van der Waals surface area (Å²) in [6.07, 6.45) is 8.78. The van der Waals surface area contributed by atoms with Crippen LogP contribution in [0.25, 0.3) is 0 Å². The first kappa shape index (κ1) is 10.5. The number of carbonyl (C=O) groups is 1. The third-order valence-electron chi connectivity index (χ3n) is 2.21. The first-order valence-corrected chi connectivity index (χ1v) is 4.78. The van der Waals surface area contributed by atoms with Crippen LogP contribution in [0.3, 0.4) is 0 Å². The highest BCUT2D eigenvalue weighted by molar-refractivity contribution is 5.78. The lowest BCUT2D eigenvalue weighted by atomic mass is 9.96.